The van der Waals surface area contributed by atoms with Crippen molar-refractivity contribution in [2.75, 3.05) is 24.7 Å². The van der Waals surface area contributed by atoms with Gasteiger partial charge in [-0.15, -0.1) is 5.10 Å². The monoisotopic (exact) mass is 494 g/mol. The summed E-state index contributed by atoms with van der Waals surface area (Å²) in [6.07, 6.45) is -0.387. The molecule has 0 unspecified atom stereocenters. The van der Waals surface area contributed by atoms with Crippen molar-refractivity contribution in [2.24, 2.45) is 5.73 Å². The van der Waals surface area contributed by atoms with Crippen LogP contribution in [0.1, 0.15) is 35.9 Å². The van der Waals surface area contributed by atoms with Crippen molar-refractivity contribution in [3.05, 3.63) is 18.5 Å². The highest BCUT2D eigenvalue weighted by atomic mass is 16.6. The molecule has 0 spiro atoms. The molecule has 0 saturated carbocycles. The van der Waals surface area contributed by atoms with Crippen LogP contribution in [0.2, 0.25) is 0 Å². The Labute approximate surface area is 197 Å². The molecule has 10 N–H and O–H groups in total. The van der Waals surface area contributed by atoms with Crippen molar-refractivity contribution in [3.63, 3.8) is 0 Å². The minimum atomic E-state index is -1.27. The molecule has 0 bridgehead atoms. The first kappa shape index (κ1) is 24.6. The van der Waals surface area contributed by atoms with Crippen molar-refractivity contribution in [1.29, 1.82) is 0 Å². The molecule has 3 aromatic rings. The number of primary amides is 1. The molecule has 35 heavy (non-hydrogen) atoms. The number of imidazole rings is 1. The van der Waals surface area contributed by atoms with Gasteiger partial charge < -0.3 is 47.1 Å². The fourth-order valence-corrected chi connectivity index (χ4v) is 3.80. The number of aliphatic hydroxyl groups is 4. The summed E-state index contributed by atoms with van der Waals surface area (Å²) in [5.74, 6) is -0.662. The van der Waals surface area contributed by atoms with E-state index in [0.717, 1.165) is 23.9 Å². The van der Waals surface area contributed by atoms with Crippen LogP contribution >= 0.6 is 0 Å². The molecule has 190 valence electrons. The third-order valence-electron chi connectivity index (χ3n) is 5.57. The number of nitrogen functional groups attached to an aromatic ring is 2. The van der Waals surface area contributed by atoms with Crippen LogP contribution in [0.15, 0.2) is 12.7 Å². The number of amides is 1. The number of fused-ring (bicyclic) bond motifs is 1. The number of anilines is 2. The van der Waals surface area contributed by atoms with Crippen LogP contribution in [0.3, 0.4) is 0 Å². The van der Waals surface area contributed by atoms with Gasteiger partial charge in [-0.05, 0) is 12.8 Å². The van der Waals surface area contributed by atoms with Gasteiger partial charge in [0.15, 0.2) is 17.7 Å². The maximum atomic E-state index is 10.8. The van der Waals surface area contributed by atoms with E-state index in [1.54, 1.807) is 10.9 Å². The van der Waals surface area contributed by atoms with Crippen LogP contribution in [-0.4, -0.2) is 98.2 Å². The molecule has 0 radical (unpaired) electrons. The molecule has 5 rings (SSSR count). The Morgan fingerprint density at radius 3 is 2.43 bits per heavy atom. The van der Waals surface area contributed by atoms with Gasteiger partial charge in [0, 0.05) is 0 Å². The Morgan fingerprint density at radius 1 is 1.06 bits per heavy atom. The topological polar surface area (TPSA) is 269 Å². The van der Waals surface area contributed by atoms with Crippen LogP contribution < -0.4 is 17.2 Å². The molecule has 0 aliphatic carbocycles. The molecule has 5 heterocycles. The largest absolute Gasteiger partial charge is 0.394 e. The number of aliphatic hydroxyl groups excluding tert-OH is 4. The Kier molecular flexibility index (Phi) is 7.05. The SMILES string of the molecule is NC(=O)c1ncn([C@@H]2O[C@H](CO)[C@@H](O)[C@H]2O)n1.Nc1nc(N)c2ncn([C@H]3CC[C@@H](CO)O3)c2n1. The number of ether oxygens (including phenoxy) is 2. The number of carbonyl (C=O) groups excluding carboxylic acids is 1. The number of hydrogen-bond acceptors (Lipinski definition) is 14. The first-order chi connectivity index (χ1) is 16.7. The zero-order valence-electron chi connectivity index (χ0n) is 18.3. The number of hydrogen-bond donors (Lipinski definition) is 7. The number of aromatic nitrogens is 7. The van der Waals surface area contributed by atoms with Crippen molar-refractivity contribution in [2.45, 2.75) is 49.7 Å². The molecule has 2 saturated heterocycles. The highest BCUT2D eigenvalue weighted by Crippen LogP contribution is 2.31. The lowest BCUT2D eigenvalue weighted by atomic mass is 10.1. The van der Waals surface area contributed by atoms with E-state index in [-0.39, 0.29) is 36.5 Å². The van der Waals surface area contributed by atoms with Gasteiger partial charge in [-0.3, -0.25) is 9.36 Å². The van der Waals surface area contributed by atoms with Crippen LogP contribution in [-0.2, 0) is 9.47 Å². The third kappa shape index (κ3) is 4.85. The van der Waals surface area contributed by atoms with Gasteiger partial charge in [0.05, 0.1) is 25.6 Å². The molecule has 17 nitrogen and oxygen atoms in total. The summed E-state index contributed by atoms with van der Waals surface area (Å²) < 4.78 is 13.7. The van der Waals surface area contributed by atoms with E-state index in [9.17, 15) is 15.0 Å². The molecule has 0 aromatic carbocycles. The second-order valence-electron chi connectivity index (χ2n) is 7.91. The van der Waals surface area contributed by atoms with Crippen molar-refractivity contribution >= 4 is 28.8 Å². The summed E-state index contributed by atoms with van der Waals surface area (Å²) in [5.41, 5.74) is 17.4. The van der Waals surface area contributed by atoms with Gasteiger partial charge in [-0.2, -0.15) is 9.97 Å². The summed E-state index contributed by atoms with van der Waals surface area (Å²) in [6.45, 7) is -0.422. The smallest absolute Gasteiger partial charge is 0.288 e. The van der Waals surface area contributed by atoms with E-state index in [1.165, 1.54) is 0 Å². The second kappa shape index (κ2) is 10.0. The minimum absolute atomic E-state index is 0.0163. The van der Waals surface area contributed by atoms with Crippen LogP contribution in [0.5, 0.6) is 0 Å². The fourth-order valence-electron chi connectivity index (χ4n) is 3.80. The molecule has 3 aromatic heterocycles. The van der Waals surface area contributed by atoms with Gasteiger partial charge in [0.25, 0.3) is 5.91 Å². The second-order valence-corrected chi connectivity index (χ2v) is 7.91. The normalized spacial score (nSPS) is 28.2. The Hall–Kier alpha value is -3.48. The van der Waals surface area contributed by atoms with E-state index in [2.05, 4.69) is 25.0 Å². The average Bonchev–Trinajstić information content (AvgIpc) is 3.61. The van der Waals surface area contributed by atoms with E-state index >= 15 is 0 Å². The van der Waals surface area contributed by atoms with Gasteiger partial charge in [-0.25, -0.2) is 14.6 Å². The molecule has 17 heteroatoms. The fraction of sp³-hybridized carbons (Fsp3) is 0.556. The number of carbonyl (C=O) groups is 1. The number of nitrogens with two attached hydrogens (primary N) is 3. The molecule has 2 aliphatic rings. The molecule has 2 fully saturated rings. The summed E-state index contributed by atoms with van der Waals surface area (Å²) in [6, 6.07) is 0. The Bertz CT molecular complexity index is 1190. The first-order valence-corrected chi connectivity index (χ1v) is 10.6. The van der Waals surface area contributed by atoms with E-state index in [4.69, 9.17) is 36.9 Å². The lowest BCUT2D eigenvalue weighted by molar-refractivity contribution is -0.0588. The quantitative estimate of drug-likeness (QED) is 0.183. The summed E-state index contributed by atoms with van der Waals surface area (Å²) in [7, 11) is 0. The molecule has 2 aliphatic heterocycles. The zero-order chi connectivity index (χ0) is 25.3. The average molecular weight is 494 g/mol. The van der Waals surface area contributed by atoms with E-state index in [1.807, 2.05) is 0 Å². The predicted octanol–water partition coefficient (Wildman–Crippen LogP) is -3.35. The molecule has 1 amide bonds. The highest BCUT2D eigenvalue weighted by Gasteiger charge is 2.44. The zero-order valence-corrected chi connectivity index (χ0v) is 18.3. The summed E-state index contributed by atoms with van der Waals surface area (Å²) in [4.78, 5) is 26.6. The van der Waals surface area contributed by atoms with Crippen LogP contribution in [0.4, 0.5) is 11.8 Å². The maximum Gasteiger partial charge on any atom is 0.288 e. The van der Waals surface area contributed by atoms with Gasteiger partial charge in [0.1, 0.15) is 36.4 Å². The Balaban J connectivity index is 0.000000165. The lowest BCUT2D eigenvalue weighted by Gasteiger charge is -2.13. The molecular weight excluding hydrogens is 468 g/mol. The number of nitrogens with zero attached hydrogens (tertiary/aromatic N) is 7. The number of rotatable bonds is 5. The van der Waals surface area contributed by atoms with Gasteiger partial charge >= 0.3 is 0 Å². The molecular formula is C18H26N10O7. The van der Waals surface area contributed by atoms with Crippen LogP contribution in [0.25, 0.3) is 11.2 Å². The van der Waals surface area contributed by atoms with Gasteiger partial charge in [0.2, 0.25) is 11.8 Å². The minimum Gasteiger partial charge on any atom is -0.394 e. The third-order valence-corrected chi connectivity index (χ3v) is 5.57. The van der Waals surface area contributed by atoms with E-state index < -0.39 is 37.1 Å². The predicted molar refractivity (Wildman–Crippen MR) is 116 cm³/mol. The summed E-state index contributed by atoms with van der Waals surface area (Å²) >= 11 is 0. The lowest BCUT2D eigenvalue weighted by Crippen LogP contribution is -2.33. The Morgan fingerprint density at radius 2 is 1.83 bits per heavy atom. The van der Waals surface area contributed by atoms with Crippen molar-refractivity contribution < 1.29 is 34.7 Å². The van der Waals surface area contributed by atoms with Crippen LogP contribution in [0, 0.1) is 0 Å². The summed E-state index contributed by atoms with van der Waals surface area (Å²) in [5, 5.41) is 40.8. The van der Waals surface area contributed by atoms with E-state index in [0.29, 0.717) is 11.2 Å². The van der Waals surface area contributed by atoms with Crippen molar-refractivity contribution in [3.8, 4) is 0 Å². The van der Waals surface area contributed by atoms with Gasteiger partial charge in [-0.1, -0.05) is 0 Å². The maximum absolute atomic E-state index is 10.8. The van der Waals surface area contributed by atoms with Crippen molar-refractivity contribution in [1.82, 2.24) is 34.3 Å². The highest BCUT2D eigenvalue weighted by molar-refractivity contribution is 5.88. The first-order valence-electron chi connectivity index (χ1n) is 10.6. The standard InChI is InChI=1S/C10H14N6O2.C8H12N4O5/c11-8-7-9(15-10(12)14-8)16(4-13-7)6-2-1-5(3-17)18-6;9-6(16)7-10-2-12(11-7)8-5(15)4(14)3(1-13)17-8/h4-6,17H,1-3H2,(H4,11,12,14,15);2-5,8,13-15H,1H2,(H2,9,16)/t5-,6+;3-,4-,5-,8-/m01/s1. The molecule has 6 atom stereocenters.